The van der Waals surface area contributed by atoms with E-state index in [9.17, 15) is 10.2 Å². The van der Waals surface area contributed by atoms with Gasteiger partial charge in [0.25, 0.3) is 0 Å². The van der Waals surface area contributed by atoms with Crippen molar-refractivity contribution in [2.75, 3.05) is 0 Å². The standard InChI is InChI=1S/C11H11NO2/c1-7-5-8-3-4-10(13)11(14)9(8)6-12(7)2/h3-6,13H,1-2H3/p+1. The molecule has 0 saturated carbocycles. The van der Waals surface area contributed by atoms with Crippen molar-refractivity contribution < 1.29 is 14.8 Å². The molecule has 1 aromatic heterocycles. The highest BCUT2D eigenvalue weighted by atomic mass is 16.3. The Hall–Kier alpha value is -1.77. The van der Waals surface area contributed by atoms with Gasteiger partial charge in [0.15, 0.2) is 23.4 Å². The van der Waals surface area contributed by atoms with Crippen LogP contribution < -0.4 is 4.57 Å². The summed E-state index contributed by atoms with van der Waals surface area (Å²) in [7, 11) is 1.90. The number of pyridine rings is 1. The fourth-order valence-electron chi connectivity index (χ4n) is 1.50. The van der Waals surface area contributed by atoms with E-state index in [0.29, 0.717) is 5.39 Å². The van der Waals surface area contributed by atoms with Gasteiger partial charge in [-0.15, -0.1) is 0 Å². The Morgan fingerprint density at radius 2 is 1.93 bits per heavy atom. The number of aryl methyl sites for hydroxylation is 2. The zero-order valence-corrected chi connectivity index (χ0v) is 8.15. The van der Waals surface area contributed by atoms with Crippen molar-refractivity contribution in [3.05, 3.63) is 30.1 Å². The van der Waals surface area contributed by atoms with E-state index < -0.39 is 0 Å². The normalized spacial score (nSPS) is 10.7. The highest BCUT2D eigenvalue weighted by molar-refractivity contribution is 5.89. The highest BCUT2D eigenvalue weighted by Crippen LogP contribution is 2.32. The first kappa shape index (κ1) is 8.81. The number of aromatic hydroxyl groups is 2. The maximum Gasteiger partial charge on any atom is 0.180 e. The lowest BCUT2D eigenvalue weighted by molar-refractivity contribution is -0.676. The van der Waals surface area contributed by atoms with Gasteiger partial charge in [0.05, 0.1) is 5.39 Å². The molecule has 0 radical (unpaired) electrons. The van der Waals surface area contributed by atoms with E-state index in [1.807, 2.05) is 24.6 Å². The second kappa shape index (κ2) is 2.87. The average molecular weight is 190 g/mol. The Morgan fingerprint density at radius 3 is 2.64 bits per heavy atom. The van der Waals surface area contributed by atoms with Gasteiger partial charge in [0.1, 0.15) is 7.05 Å². The van der Waals surface area contributed by atoms with Crippen LogP contribution in [0.2, 0.25) is 0 Å². The number of aromatic nitrogens is 1. The molecule has 0 amide bonds. The van der Waals surface area contributed by atoms with Gasteiger partial charge in [0.2, 0.25) is 0 Å². The van der Waals surface area contributed by atoms with Crippen LogP contribution in [0.25, 0.3) is 10.8 Å². The van der Waals surface area contributed by atoms with E-state index in [1.165, 1.54) is 6.07 Å². The molecule has 2 N–H and O–H groups in total. The van der Waals surface area contributed by atoms with E-state index >= 15 is 0 Å². The summed E-state index contributed by atoms with van der Waals surface area (Å²) in [6.07, 6.45) is 1.81. The number of benzene rings is 1. The quantitative estimate of drug-likeness (QED) is 0.487. The molecule has 0 spiro atoms. The average Bonchev–Trinajstić information content (AvgIpc) is 2.15. The predicted molar refractivity (Wildman–Crippen MR) is 53.2 cm³/mol. The number of phenolic OH excluding ortho intramolecular Hbond substituents is 2. The minimum Gasteiger partial charge on any atom is -0.504 e. The minimum absolute atomic E-state index is 0.0573. The van der Waals surface area contributed by atoms with Crippen LogP contribution in [0, 0.1) is 6.92 Å². The SMILES string of the molecule is Cc1cc2ccc(O)c(O)c2c[n+]1C. The van der Waals surface area contributed by atoms with Crippen molar-refractivity contribution in [1.82, 2.24) is 0 Å². The summed E-state index contributed by atoms with van der Waals surface area (Å²) >= 11 is 0. The number of nitrogens with zero attached hydrogens (tertiary/aromatic N) is 1. The lowest BCUT2D eigenvalue weighted by Gasteiger charge is -2.02. The van der Waals surface area contributed by atoms with E-state index in [-0.39, 0.29) is 11.5 Å². The maximum atomic E-state index is 9.61. The summed E-state index contributed by atoms with van der Waals surface area (Å²) in [5, 5.41) is 20.5. The fourth-order valence-corrected chi connectivity index (χ4v) is 1.50. The topological polar surface area (TPSA) is 44.3 Å². The van der Waals surface area contributed by atoms with Crippen molar-refractivity contribution >= 4 is 10.8 Å². The second-order valence-corrected chi connectivity index (χ2v) is 3.46. The van der Waals surface area contributed by atoms with Crippen LogP contribution in [0.3, 0.4) is 0 Å². The van der Waals surface area contributed by atoms with E-state index in [0.717, 1.165) is 11.1 Å². The van der Waals surface area contributed by atoms with Gasteiger partial charge in [-0.05, 0) is 17.5 Å². The summed E-state index contributed by atoms with van der Waals surface area (Å²) in [5.41, 5.74) is 1.10. The summed E-state index contributed by atoms with van der Waals surface area (Å²) < 4.78 is 1.90. The summed E-state index contributed by atoms with van der Waals surface area (Å²) in [6, 6.07) is 5.25. The Labute approximate surface area is 81.9 Å². The molecule has 1 aromatic carbocycles. The molecule has 0 bridgehead atoms. The maximum absolute atomic E-state index is 9.61. The van der Waals surface area contributed by atoms with E-state index in [1.54, 1.807) is 12.3 Å². The van der Waals surface area contributed by atoms with Crippen LogP contribution in [0.4, 0.5) is 0 Å². The monoisotopic (exact) mass is 190 g/mol. The molecule has 0 saturated heterocycles. The first-order chi connectivity index (χ1) is 6.59. The predicted octanol–water partition coefficient (Wildman–Crippen LogP) is 1.38. The van der Waals surface area contributed by atoms with Crippen molar-refractivity contribution in [1.29, 1.82) is 0 Å². The summed E-state index contributed by atoms with van der Waals surface area (Å²) in [4.78, 5) is 0. The molecular weight excluding hydrogens is 178 g/mol. The van der Waals surface area contributed by atoms with Crippen molar-refractivity contribution in [2.24, 2.45) is 7.05 Å². The van der Waals surface area contributed by atoms with Crippen molar-refractivity contribution in [3.63, 3.8) is 0 Å². The molecule has 2 rings (SSSR count). The summed E-state index contributed by atoms with van der Waals surface area (Å²) in [5.74, 6) is -0.139. The number of hydrogen-bond acceptors (Lipinski definition) is 2. The largest absolute Gasteiger partial charge is 0.504 e. The van der Waals surface area contributed by atoms with Crippen LogP contribution in [0.1, 0.15) is 5.69 Å². The Morgan fingerprint density at radius 1 is 1.21 bits per heavy atom. The van der Waals surface area contributed by atoms with Crippen LogP contribution in [0.15, 0.2) is 24.4 Å². The molecule has 0 unspecified atom stereocenters. The van der Waals surface area contributed by atoms with Crippen molar-refractivity contribution in [2.45, 2.75) is 6.92 Å². The first-order valence-electron chi connectivity index (χ1n) is 4.40. The van der Waals surface area contributed by atoms with Gasteiger partial charge in [0, 0.05) is 13.0 Å². The molecule has 14 heavy (non-hydrogen) atoms. The number of hydrogen-bond donors (Lipinski definition) is 2. The lowest BCUT2D eigenvalue weighted by Crippen LogP contribution is -2.30. The molecular formula is C11H12NO2+. The molecule has 72 valence electrons. The molecule has 0 atom stereocenters. The van der Waals surface area contributed by atoms with Gasteiger partial charge in [-0.2, -0.15) is 0 Å². The molecule has 0 aliphatic carbocycles. The van der Waals surface area contributed by atoms with Crippen LogP contribution in [-0.2, 0) is 7.05 Å². The number of phenols is 2. The van der Waals surface area contributed by atoms with Gasteiger partial charge in [-0.1, -0.05) is 0 Å². The zero-order valence-electron chi connectivity index (χ0n) is 8.15. The van der Waals surface area contributed by atoms with Crippen molar-refractivity contribution in [3.8, 4) is 11.5 Å². The Balaban J connectivity index is 2.89. The van der Waals surface area contributed by atoms with Gasteiger partial charge < -0.3 is 10.2 Å². The Bertz CT molecular complexity index is 506. The fraction of sp³-hybridized carbons (Fsp3) is 0.182. The second-order valence-electron chi connectivity index (χ2n) is 3.46. The molecule has 0 aliphatic heterocycles. The van der Waals surface area contributed by atoms with Crippen LogP contribution in [0.5, 0.6) is 11.5 Å². The van der Waals surface area contributed by atoms with E-state index in [2.05, 4.69) is 0 Å². The van der Waals surface area contributed by atoms with Crippen LogP contribution in [-0.4, -0.2) is 10.2 Å². The Kier molecular flexibility index (Phi) is 1.81. The smallest absolute Gasteiger partial charge is 0.180 e. The molecule has 0 fully saturated rings. The first-order valence-corrected chi connectivity index (χ1v) is 4.40. The molecule has 1 heterocycles. The van der Waals surface area contributed by atoms with Gasteiger partial charge >= 0.3 is 0 Å². The molecule has 2 aromatic rings. The lowest BCUT2D eigenvalue weighted by atomic mass is 10.1. The van der Waals surface area contributed by atoms with E-state index in [4.69, 9.17) is 0 Å². The number of fused-ring (bicyclic) bond motifs is 1. The highest BCUT2D eigenvalue weighted by Gasteiger charge is 2.10. The molecule has 0 aliphatic rings. The third-order valence-corrected chi connectivity index (χ3v) is 2.47. The zero-order chi connectivity index (χ0) is 10.3. The van der Waals surface area contributed by atoms with Gasteiger partial charge in [-0.25, -0.2) is 4.57 Å². The summed E-state index contributed by atoms with van der Waals surface area (Å²) in [6.45, 7) is 1.99. The third kappa shape index (κ3) is 1.18. The molecule has 3 heteroatoms. The van der Waals surface area contributed by atoms with Crippen LogP contribution >= 0.6 is 0 Å². The molecule has 3 nitrogen and oxygen atoms in total. The number of rotatable bonds is 0. The van der Waals surface area contributed by atoms with Gasteiger partial charge in [-0.3, -0.25) is 0 Å². The third-order valence-electron chi connectivity index (χ3n) is 2.47. The minimum atomic E-state index is -0.0821.